The third kappa shape index (κ3) is 5.97. The Morgan fingerprint density at radius 2 is 2.04 bits per heavy atom. The number of ether oxygens (including phenoxy) is 1. The van der Waals surface area contributed by atoms with Crippen molar-refractivity contribution in [2.24, 2.45) is 0 Å². The number of benzene rings is 1. The molecule has 1 aliphatic rings. The van der Waals surface area contributed by atoms with Crippen molar-refractivity contribution >= 4 is 33.5 Å². The molecule has 1 fully saturated rings. The Morgan fingerprint density at radius 3 is 2.59 bits per heavy atom. The Bertz CT molecular complexity index is 806. The summed E-state index contributed by atoms with van der Waals surface area (Å²) < 4.78 is 28.6. The van der Waals surface area contributed by atoms with Crippen LogP contribution in [0.1, 0.15) is 31.4 Å². The molecular formula is C19H27NO5S2. The van der Waals surface area contributed by atoms with Gasteiger partial charge in [-0.3, -0.25) is 9.59 Å². The molecule has 0 bridgehead atoms. The SMILES string of the molecule is CCN(C(=O)[C@@H](C)OC(=O)CSc1ccc(C)cc1C)[C@@H]1CCS(=O)(=O)C1. The number of hydrogen-bond donors (Lipinski definition) is 0. The Balaban J connectivity index is 1.89. The van der Waals surface area contributed by atoms with Crippen molar-refractivity contribution in [3.05, 3.63) is 29.3 Å². The van der Waals surface area contributed by atoms with Crippen LogP contribution >= 0.6 is 11.8 Å². The van der Waals surface area contributed by atoms with E-state index in [4.69, 9.17) is 4.74 Å². The van der Waals surface area contributed by atoms with E-state index in [2.05, 4.69) is 6.07 Å². The number of hydrogen-bond acceptors (Lipinski definition) is 6. The zero-order valence-corrected chi connectivity index (χ0v) is 17.9. The number of rotatable bonds is 7. The summed E-state index contributed by atoms with van der Waals surface area (Å²) in [5.74, 6) is -0.607. The molecule has 1 amide bonds. The number of carbonyl (C=O) groups is 2. The minimum absolute atomic E-state index is 0.0181. The van der Waals surface area contributed by atoms with E-state index in [0.717, 1.165) is 16.0 Å². The molecular weight excluding hydrogens is 386 g/mol. The highest BCUT2D eigenvalue weighted by molar-refractivity contribution is 8.00. The summed E-state index contributed by atoms with van der Waals surface area (Å²) in [6.45, 7) is 7.72. The fourth-order valence-corrected chi connectivity index (χ4v) is 5.75. The Kier molecular flexibility index (Phi) is 7.33. The van der Waals surface area contributed by atoms with Crippen LogP contribution in [0, 0.1) is 13.8 Å². The molecule has 0 aromatic heterocycles. The number of amides is 1. The summed E-state index contributed by atoms with van der Waals surface area (Å²) in [4.78, 5) is 27.3. The predicted octanol–water partition coefficient (Wildman–Crippen LogP) is 2.36. The minimum Gasteiger partial charge on any atom is -0.452 e. The summed E-state index contributed by atoms with van der Waals surface area (Å²) in [5, 5.41) is 0. The average molecular weight is 414 g/mol. The maximum atomic E-state index is 12.6. The van der Waals surface area contributed by atoms with E-state index in [1.165, 1.54) is 23.6 Å². The summed E-state index contributed by atoms with van der Waals surface area (Å²) in [6, 6.07) is 5.67. The highest BCUT2D eigenvalue weighted by atomic mass is 32.2. The molecule has 1 aromatic rings. The molecule has 2 atom stereocenters. The fraction of sp³-hybridized carbons (Fsp3) is 0.579. The van der Waals surface area contributed by atoms with Gasteiger partial charge in [0.2, 0.25) is 0 Å². The minimum atomic E-state index is -3.08. The highest BCUT2D eigenvalue weighted by Crippen LogP contribution is 2.24. The molecule has 1 heterocycles. The number of esters is 1. The van der Waals surface area contributed by atoms with E-state index in [1.807, 2.05) is 26.0 Å². The zero-order chi connectivity index (χ0) is 20.2. The lowest BCUT2D eigenvalue weighted by Gasteiger charge is -2.29. The Morgan fingerprint density at radius 1 is 1.33 bits per heavy atom. The molecule has 1 saturated heterocycles. The molecule has 0 N–H and O–H groups in total. The van der Waals surface area contributed by atoms with Crippen LogP contribution in [0.15, 0.2) is 23.1 Å². The molecule has 1 aromatic carbocycles. The number of likely N-dealkylation sites (N-methyl/N-ethyl adjacent to an activating group) is 1. The molecule has 6 nitrogen and oxygen atoms in total. The van der Waals surface area contributed by atoms with Crippen LogP contribution in [0.2, 0.25) is 0 Å². The summed E-state index contributed by atoms with van der Waals surface area (Å²) in [7, 11) is -3.08. The predicted molar refractivity (Wildman–Crippen MR) is 107 cm³/mol. The second-order valence-corrected chi connectivity index (χ2v) is 10.1. The quantitative estimate of drug-likeness (QED) is 0.504. The van der Waals surface area contributed by atoms with Gasteiger partial charge in [0.1, 0.15) is 0 Å². The number of carbonyl (C=O) groups excluding carboxylic acids is 2. The van der Waals surface area contributed by atoms with E-state index in [1.54, 1.807) is 6.92 Å². The van der Waals surface area contributed by atoms with Crippen molar-refractivity contribution in [3.8, 4) is 0 Å². The first-order chi connectivity index (χ1) is 12.6. The lowest BCUT2D eigenvalue weighted by atomic mass is 10.2. The van der Waals surface area contributed by atoms with E-state index >= 15 is 0 Å². The van der Waals surface area contributed by atoms with Gasteiger partial charge < -0.3 is 9.64 Å². The van der Waals surface area contributed by atoms with Crippen molar-refractivity contribution in [1.29, 1.82) is 0 Å². The third-order valence-corrected chi connectivity index (χ3v) is 7.50. The van der Waals surface area contributed by atoms with Crippen LogP contribution in [0.3, 0.4) is 0 Å². The molecule has 0 aliphatic carbocycles. The average Bonchev–Trinajstić information content (AvgIpc) is 2.94. The maximum Gasteiger partial charge on any atom is 0.317 e. The molecule has 2 rings (SSSR count). The van der Waals surface area contributed by atoms with Crippen LogP contribution in [0.5, 0.6) is 0 Å². The lowest BCUT2D eigenvalue weighted by molar-refractivity contribution is -0.157. The number of sulfone groups is 1. The molecule has 0 unspecified atom stereocenters. The first-order valence-electron chi connectivity index (χ1n) is 9.03. The molecule has 8 heteroatoms. The van der Waals surface area contributed by atoms with E-state index in [-0.39, 0.29) is 29.2 Å². The van der Waals surface area contributed by atoms with Gasteiger partial charge in [-0.2, -0.15) is 0 Å². The maximum absolute atomic E-state index is 12.6. The summed E-state index contributed by atoms with van der Waals surface area (Å²) in [5.41, 5.74) is 2.25. The highest BCUT2D eigenvalue weighted by Gasteiger charge is 2.36. The van der Waals surface area contributed by atoms with Gasteiger partial charge in [-0.05, 0) is 45.7 Å². The fourth-order valence-electron chi connectivity index (χ4n) is 3.23. The number of thioether (sulfide) groups is 1. The van der Waals surface area contributed by atoms with Gasteiger partial charge in [0.05, 0.1) is 17.3 Å². The van der Waals surface area contributed by atoms with Gasteiger partial charge in [0.25, 0.3) is 5.91 Å². The van der Waals surface area contributed by atoms with Crippen LogP contribution < -0.4 is 0 Å². The monoisotopic (exact) mass is 413 g/mol. The van der Waals surface area contributed by atoms with Gasteiger partial charge in [-0.25, -0.2) is 8.42 Å². The first-order valence-corrected chi connectivity index (χ1v) is 11.8. The topological polar surface area (TPSA) is 80.8 Å². The largest absolute Gasteiger partial charge is 0.452 e. The first kappa shape index (κ1) is 21.8. The standard InChI is InChI=1S/C19H27NO5S2/c1-5-20(16-8-9-27(23,24)12-16)19(22)15(4)25-18(21)11-26-17-7-6-13(2)10-14(17)3/h6-7,10,15-16H,5,8-9,11-12H2,1-4H3/t15-,16-/m1/s1. The zero-order valence-electron chi connectivity index (χ0n) is 16.2. The van der Waals surface area contributed by atoms with Crippen LogP contribution in [0.25, 0.3) is 0 Å². The molecule has 0 saturated carbocycles. The van der Waals surface area contributed by atoms with E-state index in [9.17, 15) is 18.0 Å². The van der Waals surface area contributed by atoms with Crippen molar-refractivity contribution in [2.75, 3.05) is 23.8 Å². The number of nitrogens with zero attached hydrogens (tertiary/aromatic N) is 1. The van der Waals surface area contributed by atoms with Gasteiger partial charge in [-0.1, -0.05) is 17.7 Å². The van der Waals surface area contributed by atoms with Crippen molar-refractivity contribution in [3.63, 3.8) is 0 Å². The summed E-state index contributed by atoms with van der Waals surface area (Å²) in [6.07, 6.45) is -0.494. The van der Waals surface area contributed by atoms with Gasteiger partial charge in [0, 0.05) is 17.5 Å². The van der Waals surface area contributed by atoms with Crippen LogP contribution in [0.4, 0.5) is 0 Å². The normalized spacial score (nSPS) is 19.5. The third-order valence-electron chi connectivity index (χ3n) is 4.60. The Hall–Kier alpha value is -1.54. The second-order valence-electron chi connectivity index (χ2n) is 6.87. The molecule has 27 heavy (non-hydrogen) atoms. The van der Waals surface area contributed by atoms with Crippen LogP contribution in [-0.2, 0) is 24.2 Å². The van der Waals surface area contributed by atoms with Crippen LogP contribution in [-0.4, -0.2) is 61.1 Å². The molecule has 1 aliphatic heterocycles. The van der Waals surface area contributed by atoms with Crippen molar-refractivity contribution in [2.45, 2.75) is 51.2 Å². The van der Waals surface area contributed by atoms with E-state index < -0.39 is 21.9 Å². The Labute approximate surface area is 165 Å². The van der Waals surface area contributed by atoms with Crippen molar-refractivity contribution in [1.82, 2.24) is 4.90 Å². The van der Waals surface area contributed by atoms with Gasteiger partial charge in [0.15, 0.2) is 15.9 Å². The second kappa shape index (κ2) is 9.10. The smallest absolute Gasteiger partial charge is 0.317 e. The van der Waals surface area contributed by atoms with Gasteiger partial charge in [-0.15, -0.1) is 11.8 Å². The molecule has 0 spiro atoms. The number of aryl methyl sites for hydroxylation is 2. The lowest BCUT2D eigenvalue weighted by Crippen LogP contribution is -2.46. The summed E-state index contributed by atoms with van der Waals surface area (Å²) >= 11 is 1.38. The van der Waals surface area contributed by atoms with E-state index in [0.29, 0.717) is 13.0 Å². The molecule has 150 valence electrons. The van der Waals surface area contributed by atoms with Gasteiger partial charge >= 0.3 is 5.97 Å². The molecule has 0 radical (unpaired) electrons. The van der Waals surface area contributed by atoms with Crippen molar-refractivity contribution < 1.29 is 22.7 Å².